The Morgan fingerprint density at radius 1 is 1.47 bits per heavy atom. The minimum atomic E-state index is -0.589. The highest BCUT2D eigenvalue weighted by Crippen LogP contribution is 2.44. The topological polar surface area (TPSA) is 37.3 Å². The van der Waals surface area contributed by atoms with Gasteiger partial charge in [0.05, 0.1) is 5.92 Å². The first-order chi connectivity index (χ1) is 6.82. The van der Waals surface area contributed by atoms with Crippen LogP contribution in [0.4, 0.5) is 0 Å². The van der Waals surface area contributed by atoms with Crippen LogP contribution in [0.2, 0.25) is 0 Å². The highest BCUT2D eigenvalue weighted by molar-refractivity contribution is 5.70. The lowest BCUT2D eigenvalue weighted by Crippen LogP contribution is -2.35. The van der Waals surface area contributed by atoms with Gasteiger partial charge >= 0.3 is 5.97 Å². The second-order valence-corrected chi connectivity index (χ2v) is 6.24. The van der Waals surface area contributed by atoms with E-state index >= 15 is 0 Å². The first kappa shape index (κ1) is 12.5. The molecular weight excluding hydrogens is 188 g/mol. The molecule has 2 heteroatoms. The summed E-state index contributed by atoms with van der Waals surface area (Å²) in [6, 6.07) is 0. The third kappa shape index (κ3) is 3.51. The molecule has 15 heavy (non-hydrogen) atoms. The van der Waals surface area contributed by atoms with E-state index in [0.29, 0.717) is 11.8 Å². The Bertz CT molecular complexity index is 231. The Balaban J connectivity index is 2.68. The molecule has 0 aromatic heterocycles. The van der Waals surface area contributed by atoms with Gasteiger partial charge in [0.2, 0.25) is 0 Å². The fourth-order valence-electron chi connectivity index (χ4n) is 2.82. The Hall–Kier alpha value is -0.530. The Morgan fingerprint density at radius 3 is 2.53 bits per heavy atom. The number of hydrogen-bond acceptors (Lipinski definition) is 1. The molecule has 1 saturated carbocycles. The van der Waals surface area contributed by atoms with Crippen molar-refractivity contribution in [2.45, 2.75) is 53.4 Å². The first-order valence-electron chi connectivity index (χ1n) is 6.04. The Morgan fingerprint density at radius 2 is 2.07 bits per heavy atom. The van der Waals surface area contributed by atoms with Crippen LogP contribution in [0.5, 0.6) is 0 Å². The molecule has 88 valence electrons. The maximum atomic E-state index is 11.2. The summed E-state index contributed by atoms with van der Waals surface area (Å²) in [7, 11) is 0. The molecule has 2 atom stereocenters. The summed E-state index contributed by atoms with van der Waals surface area (Å²) >= 11 is 0. The van der Waals surface area contributed by atoms with Gasteiger partial charge in [-0.15, -0.1) is 0 Å². The van der Waals surface area contributed by atoms with Gasteiger partial charge in [-0.3, -0.25) is 4.79 Å². The standard InChI is InChI=1S/C13H24O2/c1-9(2)7-10-5-6-13(3,4)8-11(10)12(14)15/h9-11H,5-8H2,1-4H3,(H,14,15). The normalized spacial score (nSPS) is 30.5. The summed E-state index contributed by atoms with van der Waals surface area (Å²) < 4.78 is 0. The smallest absolute Gasteiger partial charge is 0.306 e. The summed E-state index contributed by atoms with van der Waals surface area (Å²) in [6.45, 7) is 8.74. The molecule has 1 fully saturated rings. The molecule has 1 aliphatic rings. The molecule has 1 N–H and O–H groups in total. The zero-order valence-electron chi connectivity index (χ0n) is 10.4. The monoisotopic (exact) mass is 212 g/mol. The van der Waals surface area contributed by atoms with Crippen molar-refractivity contribution >= 4 is 5.97 Å². The van der Waals surface area contributed by atoms with Crippen molar-refractivity contribution in [3.8, 4) is 0 Å². The van der Waals surface area contributed by atoms with Gasteiger partial charge in [0.25, 0.3) is 0 Å². The molecule has 0 aromatic rings. The fourth-order valence-corrected chi connectivity index (χ4v) is 2.82. The zero-order valence-corrected chi connectivity index (χ0v) is 10.4. The van der Waals surface area contributed by atoms with E-state index in [1.54, 1.807) is 0 Å². The number of rotatable bonds is 3. The van der Waals surface area contributed by atoms with E-state index in [1.807, 2.05) is 0 Å². The van der Waals surface area contributed by atoms with E-state index in [0.717, 1.165) is 19.3 Å². The lowest BCUT2D eigenvalue weighted by atomic mass is 9.65. The van der Waals surface area contributed by atoms with Crippen LogP contribution in [0.1, 0.15) is 53.4 Å². The van der Waals surface area contributed by atoms with Crippen molar-refractivity contribution in [1.82, 2.24) is 0 Å². The van der Waals surface area contributed by atoms with Gasteiger partial charge in [-0.05, 0) is 42.9 Å². The molecule has 0 aliphatic heterocycles. The lowest BCUT2D eigenvalue weighted by Gasteiger charge is -2.39. The number of aliphatic carboxylic acids is 1. The minimum absolute atomic E-state index is 0.115. The molecule has 2 nitrogen and oxygen atoms in total. The maximum absolute atomic E-state index is 11.2. The van der Waals surface area contributed by atoms with Gasteiger partial charge in [-0.25, -0.2) is 0 Å². The van der Waals surface area contributed by atoms with Crippen LogP contribution in [0.15, 0.2) is 0 Å². The van der Waals surface area contributed by atoms with Crippen molar-refractivity contribution in [1.29, 1.82) is 0 Å². The SMILES string of the molecule is CC(C)CC1CCC(C)(C)CC1C(=O)O. The van der Waals surface area contributed by atoms with E-state index < -0.39 is 5.97 Å². The van der Waals surface area contributed by atoms with Crippen molar-refractivity contribution in [2.24, 2.45) is 23.2 Å². The van der Waals surface area contributed by atoms with Crippen LogP contribution in [0, 0.1) is 23.2 Å². The number of carbonyl (C=O) groups is 1. The molecule has 0 bridgehead atoms. The fraction of sp³-hybridized carbons (Fsp3) is 0.923. The average molecular weight is 212 g/mol. The number of hydrogen-bond donors (Lipinski definition) is 1. The van der Waals surface area contributed by atoms with Gasteiger partial charge in [0.15, 0.2) is 0 Å². The molecule has 0 aromatic carbocycles. The third-order valence-corrected chi connectivity index (χ3v) is 3.62. The van der Waals surface area contributed by atoms with E-state index in [9.17, 15) is 9.90 Å². The molecule has 1 rings (SSSR count). The van der Waals surface area contributed by atoms with E-state index in [2.05, 4.69) is 27.7 Å². The van der Waals surface area contributed by atoms with Crippen LogP contribution in [0.25, 0.3) is 0 Å². The molecule has 0 radical (unpaired) electrons. The quantitative estimate of drug-likeness (QED) is 0.776. The van der Waals surface area contributed by atoms with Crippen molar-refractivity contribution in [3.05, 3.63) is 0 Å². The predicted molar refractivity (Wildman–Crippen MR) is 61.7 cm³/mol. The van der Waals surface area contributed by atoms with E-state index in [1.165, 1.54) is 6.42 Å². The molecule has 1 aliphatic carbocycles. The molecule has 0 spiro atoms. The largest absolute Gasteiger partial charge is 0.481 e. The maximum Gasteiger partial charge on any atom is 0.306 e. The second kappa shape index (κ2) is 4.54. The van der Waals surface area contributed by atoms with Gasteiger partial charge in [-0.2, -0.15) is 0 Å². The first-order valence-corrected chi connectivity index (χ1v) is 6.04. The highest BCUT2D eigenvalue weighted by Gasteiger charge is 2.38. The molecule has 2 unspecified atom stereocenters. The van der Waals surface area contributed by atoms with E-state index in [-0.39, 0.29) is 11.3 Å². The minimum Gasteiger partial charge on any atom is -0.481 e. The zero-order chi connectivity index (χ0) is 11.6. The van der Waals surface area contributed by atoms with Crippen molar-refractivity contribution in [3.63, 3.8) is 0 Å². The molecular formula is C13H24O2. The summed E-state index contributed by atoms with van der Waals surface area (Å²) in [4.78, 5) is 11.2. The Labute approximate surface area is 93.1 Å². The van der Waals surface area contributed by atoms with Gasteiger partial charge in [-0.1, -0.05) is 27.7 Å². The number of carboxylic acids is 1. The van der Waals surface area contributed by atoms with Crippen LogP contribution < -0.4 is 0 Å². The molecule has 0 heterocycles. The van der Waals surface area contributed by atoms with Crippen LogP contribution >= 0.6 is 0 Å². The third-order valence-electron chi connectivity index (χ3n) is 3.62. The second-order valence-electron chi connectivity index (χ2n) is 6.24. The lowest BCUT2D eigenvalue weighted by molar-refractivity contribution is -0.147. The summed E-state index contributed by atoms with van der Waals surface area (Å²) in [5.41, 5.74) is 0.219. The van der Waals surface area contributed by atoms with Gasteiger partial charge in [0.1, 0.15) is 0 Å². The molecule has 0 saturated heterocycles. The van der Waals surface area contributed by atoms with Gasteiger partial charge < -0.3 is 5.11 Å². The van der Waals surface area contributed by atoms with Crippen LogP contribution in [0.3, 0.4) is 0 Å². The summed E-state index contributed by atoms with van der Waals surface area (Å²) in [6.07, 6.45) is 4.17. The summed E-state index contributed by atoms with van der Waals surface area (Å²) in [5.74, 6) is 0.304. The van der Waals surface area contributed by atoms with Crippen LogP contribution in [-0.4, -0.2) is 11.1 Å². The predicted octanol–water partition coefficient (Wildman–Crippen LogP) is 3.56. The highest BCUT2D eigenvalue weighted by atomic mass is 16.4. The Kier molecular flexibility index (Phi) is 3.80. The average Bonchev–Trinajstić information content (AvgIpc) is 2.07. The molecule has 0 amide bonds. The van der Waals surface area contributed by atoms with Crippen LogP contribution in [-0.2, 0) is 4.79 Å². The van der Waals surface area contributed by atoms with Crippen molar-refractivity contribution in [2.75, 3.05) is 0 Å². The van der Waals surface area contributed by atoms with Crippen molar-refractivity contribution < 1.29 is 9.90 Å². The summed E-state index contributed by atoms with van der Waals surface area (Å²) in [5, 5.41) is 9.25. The van der Waals surface area contributed by atoms with Gasteiger partial charge in [0, 0.05) is 0 Å². The van der Waals surface area contributed by atoms with E-state index in [4.69, 9.17) is 0 Å². The number of carboxylic acid groups (broad SMARTS) is 1.